The summed E-state index contributed by atoms with van der Waals surface area (Å²) in [7, 11) is 12.6. The lowest BCUT2D eigenvalue weighted by Crippen LogP contribution is -2.32. The zero-order valence-corrected chi connectivity index (χ0v) is 72.0. The number of aromatic nitrogens is 4. The van der Waals surface area contributed by atoms with Gasteiger partial charge in [-0.05, 0) is 257 Å². The van der Waals surface area contributed by atoms with E-state index >= 15 is 0 Å². The number of anilines is 3. The third kappa shape index (κ3) is 18.7. The Hall–Kier alpha value is -12.3. The Balaban J connectivity index is 0.000000144. The Morgan fingerprint density at radius 2 is 0.957 bits per heavy atom. The van der Waals surface area contributed by atoms with Crippen molar-refractivity contribution < 1.29 is 49.1 Å². The number of hydrogen-bond donors (Lipinski definition) is 4. The first-order valence-corrected chi connectivity index (χ1v) is 40.3. The molecule has 20 heteroatoms. The summed E-state index contributed by atoms with van der Waals surface area (Å²) in [5, 5.41) is 72.7. The molecule has 15 rings (SSSR count). The van der Waals surface area contributed by atoms with Crippen molar-refractivity contribution in [3.05, 3.63) is 350 Å². The zero-order valence-electron chi connectivity index (χ0n) is 66.2. The summed E-state index contributed by atoms with van der Waals surface area (Å²) in [6.07, 6.45) is 8.75. The molecule has 0 saturated carbocycles. The average molecular weight is 1810 g/mol. The van der Waals surface area contributed by atoms with E-state index in [1.807, 2.05) is 29.5 Å². The van der Waals surface area contributed by atoms with Gasteiger partial charge >= 0.3 is 0 Å². The number of phenolic OH excluding ortho intramolecular Hbond substituents is 1. The lowest BCUT2D eigenvalue weighted by Gasteiger charge is -2.18. The molecule has 4 N–H and O–H groups in total. The van der Waals surface area contributed by atoms with Crippen LogP contribution in [0, 0.1) is 53.1 Å². The van der Waals surface area contributed by atoms with E-state index in [1.54, 1.807) is 97.1 Å². The van der Waals surface area contributed by atoms with E-state index in [4.69, 9.17) is 23.2 Å². The van der Waals surface area contributed by atoms with Crippen LogP contribution in [0.4, 0.5) is 17.1 Å². The highest BCUT2D eigenvalue weighted by Gasteiger charge is 2.24. The maximum Gasteiger partial charge on any atom is 0.259 e. The minimum Gasteiger partial charge on any atom is -0.545 e. The van der Waals surface area contributed by atoms with Crippen LogP contribution in [0.15, 0.2) is 243 Å². The van der Waals surface area contributed by atoms with Crippen molar-refractivity contribution in [2.24, 2.45) is 14.1 Å². The summed E-state index contributed by atoms with van der Waals surface area (Å²) in [4.78, 5) is 40.0. The molecular weight excluding hydrogens is 1730 g/mol. The number of nitrogens with one attached hydrogen (secondary N) is 1. The fourth-order valence-corrected chi connectivity index (χ4v) is 16.8. The number of carbonyl (C=O) groups is 3. The quantitative estimate of drug-likeness (QED) is 0.0527. The molecule has 0 aliphatic carbocycles. The first kappa shape index (κ1) is 84.1. The molecule has 588 valence electrons. The van der Waals surface area contributed by atoms with Crippen molar-refractivity contribution in [2.45, 2.75) is 47.0 Å². The van der Waals surface area contributed by atoms with E-state index in [1.165, 1.54) is 102 Å². The number of halogens is 4. The maximum atomic E-state index is 12.7. The van der Waals surface area contributed by atoms with Gasteiger partial charge in [-0.1, -0.05) is 126 Å². The fourth-order valence-electron chi connectivity index (χ4n) is 14.6. The molecule has 1 atom stereocenters. The number of aromatic hydroxyl groups is 3. The number of nitrogens with zero attached hydrogens (tertiary/aromatic N) is 7. The van der Waals surface area contributed by atoms with Gasteiger partial charge in [0.05, 0.1) is 33.1 Å². The summed E-state index contributed by atoms with van der Waals surface area (Å²) in [6.45, 7) is 10.5. The molecule has 11 aromatic carbocycles. The highest BCUT2D eigenvalue weighted by molar-refractivity contribution is 14.1. The lowest BCUT2D eigenvalue weighted by atomic mass is 9.90. The molecule has 1 amide bonds. The van der Waals surface area contributed by atoms with E-state index in [2.05, 4.69) is 290 Å². The fraction of sp³-hybridized carbons (Fsp3) is 0.134. The number of pyridine rings is 2. The van der Waals surface area contributed by atoms with Crippen LogP contribution in [0.3, 0.4) is 0 Å². The molecule has 0 radical (unpaired) electrons. The number of fused-ring (bicyclic) bond motifs is 4. The number of para-hydroxylation sites is 2. The number of amides is 1. The second-order valence-electron chi connectivity index (χ2n) is 28.8. The molecule has 0 bridgehead atoms. The number of hydrogen-bond acceptors (Lipinski definition) is 11. The number of benzene rings is 11. The minimum absolute atomic E-state index is 0.0684. The van der Waals surface area contributed by atoms with Crippen LogP contribution in [0.25, 0.3) is 79.0 Å². The molecule has 15 aromatic rings. The van der Waals surface area contributed by atoms with Gasteiger partial charge in [0.1, 0.15) is 31.3 Å². The van der Waals surface area contributed by atoms with E-state index in [9.17, 15) is 45.2 Å². The Labute approximate surface area is 717 Å². The number of carboxylic acid groups (broad SMARTS) is 2. The van der Waals surface area contributed by atoms with Gasteiger partial charge in [0.25, 0.3) is 5.91 Å². The molecule has 4 heterocycles. The summed E-state index contributed by atoms with van der Waals surface area (Å²) in [5.74, 6) is -5.11. The molecule has 0 aliphatic heterocycles. The van der Waals surface area contributed by atoms with Crippen LogP contribution in [0.1, 0.15) is 110 Å². The highest BCUT2D eigenvalue weighted by Crippen LogP contribution is 2.41. The van der Waals surface area contributed by atoms with E-state index in [-0.39, 0.29) is 40.0 Å². The van der Waals surface area contributed by atoms with Crippen molar-refractivity contribution in [1.29, 1.82) is 5.26 Å². The Morgan fingerprint density at radius 3 is 1.39 bits per heavy atom. The van der Waals surface area contributed by atoms with Crippen molar-refractivity contribution >= 4 is 171 Å². The molecule has 0 saturated heterocycles. The first-order valence-electron chi connectivity index (χ1n) is 37.4. The number of carbonyl (C=O) groups excluding carboxylic acids is 3. The molecule has 4 aromatic heterocycles. The van der Waals surface area contributed by atoms with Gasteiger partial charge < -0.3 is 59.4 Å². The van der Waals surface area contributed by atoms with Gasteiger partial charge in [-0.3, -0.25) is 4.79 Å². The molecule has 0 spiro atoms. The smallest absolute Gasteiger partial charge is 0.259 e. The first-order chi connectivity index (χ1) is 56.0. The predicted octanol–water partition coefficient (Wildman–Crippen LogP) is 19.5. The Bertz CT molecular complexity index is 6160. The Morgan fingerprint density at radius 1 is 0.513 bits per heavy atom. The van der Waals surface area contributed by atoms with E-state index in [0.717, 1.165) is 14.7 Å². The predicted molar refractivity (Wildman–Crippen MR) is 487 cm³/mol. The number of nitriles is 1. The average Bonchev–Trinajstić information content (AvgIpc) is 1.68. The van der Waals surface area contributed by atoms with Crippen LogP contribution in [0.2, 0.25) is 10.0 Å². The second kappa shape index (κ2) is 36.7. The number of rotatable bonds is 16. The Kier molecular flexibility index (Phi) is 26.4. The van der Waals surface area contributed by atoms with Crippen molar-refractivity contribution in [3.8, 4) is 34.7 Å². The van der Waals surface area contributed by atoms with Crippen LogP contribution >= 0.6 is 68.4 Å². The highest BCUT2D eigenvalue weighted by atomic mass is 127. The number of phenols is 3. The summed E-state index contributed by atoms with van der Waals surface area (Å²) < 4.78 is 10.6. The van der Waals surface area contributed by atoms with Crippen molar-refractivity contribution in [1.82, 2.24) is 9.13 Å². The molecule has 0 fully saturated rings. The topological polar surface area (TPSA) is 218 Å². The number of aromatic carboxylic acids is 2. The van der Waals surface area contributed by atoms with Crippen LogP contribution in [-0.4, -0.2) is 70.5 Å². The number of carboxylic acids is 2. The van der Waals surface area contributed by atoms with E-state index < -0.39 is 35.3 Å². The van der Waals surface area contributed by atoms with Gasteiger partial charge in [0.15, 0.2) is 0 Å². The van der Waals surface area contributed by atoms with Crippen LogP contribution in [0.5, 0.6) is 17.2 Å². The third-order valence-electron chi connectivity index (χ3n) is 20.8. The van der Waals surface area contributed by atoms with Crippen molar-refractivity contribution in [3.63, 3.8) is 0 Å². The maximum absolute atomic E-state index is 12.7. The SMILES string of the molecule is Cc1cc(/C=C/c2ccc3cc(N(C)C)ccc3[n+]2C)c(C)n1-c1ccccc1.Cc1cc(/C=C/c2ccc3cc(N(C)C)ccc3[n+]2C)c(C)n1-c1ccccc1.Cc1cc(C(C#N)c2ccc(Cl)cc2)c(Cl)cc1NC(=O)c1cc(I)cc(I)c1O.O=C([O-])c1cc2ccccc2c(Cc2c(O)c(C(=O)[O-])cc3ccccc23)c1O. The van der Waals surface area contributed by atoms with Gasteiger partial charge in [0, 0.05) is 169 Å². The van der Waals surface area contributed by atoms with Crippen molar-refractivity contribution in [2.75, 3.05) is 43.3 Å². The molecule has 117 heavy (non-hydrogen) atoms. The molecule has 0 aliphatic rings. The molecule has 16 nitrogen and oxygen atoms in total. The summed E-state index contributed by atoms with van der Waals surface area (Å²) in [6, 6.07) is 80.1. The third-order valence-corrected chi connectivity index (χ3v) is 22.8. The molecular formula is C97H84Cl2I2N8O8. The second-order valence-corrected chi connectivity index (χ2v) is 32.1. The van der Waals surface area contributed by atoms with Gasteiger partial charge in [-0.15, -0.1) is 0 Å². The van der Waals surface area contributed by atoms with Gasteiger partial charge in [-0.25, -0.2) is 0 Å². The zero-order chi connectivity index (χ0) is 83.8. The van der Waals surface area contributed by atoms with Crippen LogP contribution < -0.4 is 34.5 Å². The van der Waals surface area contributed by atoms with Gasteiger partial charge in [0.2, 0.25) is 22.4 Å². The molecule has 1 unspecified atom stereocenters. The summed E-state index contributed by atoms with van der Waals surface area (Å²) >= 11 is 16.5. The van der Waals surface area contributed by atoms with Gasteiger partial charge in [-0.2, -0.15) is 14.4 Å². The minimum atomic E-state index is -1.54. The normalized spacial score (nSPS) is 11.4. The largest absolute Gasteiger partial charge is 0.545 e. The monoisotopic (exact) mass is 1810 g/mol. The van der Waals surface area contributed by atoms with E-state index in [0.29, 0.717) is 46.4 Å². The lowest BCUT2D eigenvalue weighted by molar-refractivity contribution is -0.646. The number of aryl methyl sites for hydroxylation is 5. The summed E-state index contributed by atoms with van der Waals surface area (Å²) in [5.41, 5.74) is 19.7. The van der Waals surface area contributed by atoms with Crippen LogP contribution in [-0.2, 0) is 20.5 Å². The standard InChI is InChI=1S/2C26H28N3.C23H16O6.C22H14Cl2I2N2O2/c2*1-19-17-21(20(2)29(19)24-9-7-6-8-10-24)11-13-23-14-12-22-18-25(27(3)4)15-16-26(22)28(23)5;24-20-16(14-7-3-1-5-12(14)9-18(20)22(26)27)11-17-15-8-4-2-6-13(15)10-19(21(17)25)23(28)29;1-11-6-15(17(10-27)12-2-4-13(23)5-3-12)18(24)9-20(11)28-22(30)16-7-14(25)8-19(26)21(16)29/h2*6-18H,1-5H3;1-10,24-25H,11H2,(H,26,27)(H,28,29);2-9,17,29H,1H3,(H,28,30)/q2*+1;;/p-2.